The molecule has 3 aromatic rings. The Kier molecular flexibility index (Phi) is 5.55. The van der Waals surface area contributed by atoms with Gasteiger partial charge in [-0.15, -0.1) is 0 Å². The molecule has 0 unspecified atom stereocenters. The normalized spacial score (nSPS) is 10.8. The average Bonchev–Trinajstić information content (AvgIpc) is 3.22. The van der Waals surface area contributed by atoms with Gasteiger partial charge in [-0.2, -0.15) is 0 Å². The van der Waals surface area contributed by atoms with E-state index < -0.39 is 0 Å². The number of amides is 1. The molecule has 1 amide bonds. The second kappa shape index (κ2) is 8.02. The maximum absolute atomic E-state index is 13.1. The summed E-state index contributed by atoms with van der Waals surface area (Å²) in [6, 6.07) is 9.80. The zero-order chi connectivity index (χ0) is 17.6. The zero-order valence-electron chi connectivity index (χ0n) is 13.7. The monoisotopic (exact) mass is 359 g/mol. The highest BCUT2D eigenvalue weighted by Gasteiger charge is 2.11. The number of aromatic nitrogens is 2. The predicted molar refractivity (Wildman–Crippen MR) is 93.9 cm³/mol. The Morgan fingerprint density at radius 2 is 2.24 bits per heavy atom. The van der Waals surface area contributed by atoms with Gasteiger partial charge >= 0.3 is 0 Å². The molecule has 130 valence electrons. The molecule has 0 spiro atoms. The van der Waals surface area contributed by atoms with Crippen molar-refractivity contribution in [3.63, 3.8) is 0 Å². The number of aryl methyl sites for hydroxylation is 1. The number of furan rings is 1. The van der Waals surface area contributed by atoms with E-state index in [-0.39, 0.29) is 17.5 Å². The van der Waals surface area contributed by atoms with E-state index in [4.69, 9.17) is 4.42 Å². The first kappa shape index (κ1) is 17.3. The molecule has 0 aliphatic rings. The summed E-state index contributed by atoms with van der Waals surface area (Å²) in [5, 5.41) is 3.67. The van der Waals surface area contributed by atoms with Gasteiger partial charge in [0.1, 0.15) is 11.6 Å². The smallest absolute Gasteiger partial charge is 0.287 e. The molecular weight excluding hydrogens is 341 g/mol. The molecule has 25 heavy (non-hydrogen) atoms. The van der Waals surface area contributed by atoms with Crippen molar-refractivity contribution in [2.75, 3.05) is 6.54 Å². The maximum atomic E-state index is 13.1. The quantitative estimate of drug-likeness (QED) is 0.657. The molecule has 2 heterocycles. The first-order valence-electron chi connectivity index (χ1n) is 7.83. The van der Waals surface area contributed by atoms with Crippen LogP contribution in [0.25, 0.3) is 0 Å². The van der Waals surface area contributed by atoms with Gasteiger partial charge in [-0.1, -0.05) is 23.9 Å². The van der Waals surface area contributed by atoms with E-state index in [0.29, 0.717) is 24.5 Å². The summed E-state index contributed by atoms with van der Waals surface area (Å²) in [7, 11) is 1.93. The fourth-order valence-corrected chi connectivity index (χ4v) is 3.13. The fourth-order valence-electron chi connectivity index (χ4n) is 2.30. The van der Waals surface area contributed by atoms with Gasteiger partial charge in [0.25, 0.3) is 5.91 Å². The molecule has 0 aliphatic heterocycles. The van der Waals surface area contributed by atoms with Crippen molar-refractivity contribution < 1.29 is 13.6 Å². The number of nitrogens with one attached hydrogen (secondary N) is 1. The van der Waals surface area contributed by atoms with Gasteiger partial charge in [0.2, 0.25) is 0 Å². The van der Waals surface area contributed by atoms with Crippen molar-refractivity contribution in [1.82, 2.24) is 14.9 Å². The maximum Gasteiger partial charge on any atom is 0.287 e. The van der Waals surface area contributed by atoms with Crippen LogP contribution in [-0.4, -0.2) is 22.0 Å². The summed E-state index contributed by atoms with van der Waals surface area (Å²) in [5.74, 6) is 1.04. The van der Waals surface area contributed by atoms with Gasteiger partial charge in [-0.3, -0.25) is 4.79 Å². The first-order valence-corrected chi connectivity index (χ1v) is 8.82. The van der Waals surface area contributed by atoms with Gasteiger partial charge in [0.15, 0.2) is 10.9 Å². The minimum Gasteiger partial charge on any atom is -0.455 e. The number of nitrogens with zero attached hydrogens (tertiary/aromatic N) is 2. The lowest BCUT2D eigenvalue weighted by molar-refractivity contribution is 0.0925. The molecule has 0 bridgehead atoms. The zero-order valence-corrected chi connectivity index (χ0v) is 14.6. The Balaban J connectivity index is 1.48. The standard InChI is InChI=1S/C18H18FN3O2S/c1-22-10-9-21-18(22)25-12-15-5-6-16(24-15)17(23)20-8-7-13-3-2-4-14(19)11-13/h2-6,9-11H,7-8,12H2,1H3,(H,20,23). The molecule has 1 N–H and O–H groups in total. The molecule has 7 heteroatoms. The molecule has 0 fully saturated rings. The average molecular weight is 359 g/mol. The first-order chi connectivity index (χ1) is 12.1. The van der Waals surface area contributed by atoms with E-state index in [1.807, 2.05) is 23.9 Å². The van der Waals surface area contributed by atoms with Gasteiger partial charge in [0.05, 0.1) is 5.75 Å². The van der Waals surface area contributed by atoms with Gasteiger partial charge in [0, 0.05) is 26.0 Å². The molecule has 3 rings (SSSR count). The molecule has 0 saturated heterocycles. The molecular formula is C18H18FN3O2S. The summed E-state index contributed by atoms with van der Waals surface area (Å²) in [6.07, 6.45) is 4.18. The molecule has 0 saturated carbocycles. The van der Waals surface area contributed by atoms with Gasteiger partial charge in [-0.05, 0) is 36.2 Å². The molecule has 0 atom stereocenters. The molecule has 0 radical (unpaired) electrons. The van der Waals surface area contributed by atoms with E-state index >= 15 is 0 Å². The summed E-state index contributed by atoms with van der Waals surface area (Å²) in [6.45, 7) is 0.417. The Morgan fingerprint density at radius 3 is 3.00 bits per heavy atom. The number of hydrogen-bond donors (Lipinski definition) is 1. The fraction of sp³-hybridized carbons (Fsp3) is 0.222. The number of imidazole rings is 1. The third-order valence-corrected chi connectivity index (χ3v) is 4.67. The highest BCUT2D eigenvalue weighted by atomic mass is 32.2. The Hall–Kier alpha value is -2.54. The highest BCUT2D eigenvalue weighted by molar-refractivity contribution is 7.98. The van der Waals surface area contributed by atoms with Gasteiger partial charge in [-0.25, -0.2) is 9.37 Å². The van der Waals surface area contributed by atoms with E-state index in [9.17, 15) is 9.18 Å². The van der Waals surface area contributed by atoms with Crippen LogP contribution in [0.5, 0.6) is 0 Å². The summed E-state index contributed by atoms with van der Waals surface area (Å²) in [5.41, 5.74) is 0.840. The summed E-state index contributed by atoms with van der Waals surface area (Å²) < 4.78 is 20.6. The van der Waals surface area contributed by atoms with Gasteiger partial charge < -0.3 is 14.3 Å². The Labute approximate surface area is 149 Å². The van der Waals surface area contributed by atoms with E-state index in [1.165, 1.54) is 23.9 Å². The van der Waals surface area contributed by atoms with Crippen LogP contribution in [0.1, 0.15) is 21.9 Å². The van der Waals surface area contributed by atoms with Crippen LogP contribution in [0.4, 0.5) is 4.39 Å². The topological polar surface area (TPSA) is 60.1 Å². The molecule has 0 aliphatic carbocycles. The number of hydrogen-bond acceptors (Lipinski definition) is 4. The Morgan fingerprint density at radius 1 is 1.36 bits per heavy atom. The second-order valence-corrected chi connectivity index (χ2v) is 6.45. The predicted octanol–water partition coefficient (Wildman–Crippen LogP) is 3.42. The van der Waals surface area contributed by atoms with Crippen molar-refractivity contribution in [1.29, 1.82) is 0 Å². The van der Waals surface area contributed by atoms with E-state index in [1.54, 1.807) is 24.4 Å². The third-order valence-electron chi connectivity index (χ3n) is 3.59. The summed E-state index contributed by atoms with van der Waals surface area (Å²) in [4.78, 5) is 16.3. The van der Waals surface area contributed by atoms with Crippen LogP contribution in [0.3, 0.4) is 0 Å². The number of carbonyl (C=O) groups excluding carboxylic acids is 1. The summed E-state index contributed by atoms with van der Waals surface area (Å²) >= 11 is 1.54. The largest absolute Gasteiger partial charge is 0.455 e. The van der Waals surface area contributed by atoms with Crippen molar-refractivity contribution in [3.05, 3.63) is 71.7 Å². The van der Waals surface area contributed by atoms with E-state index in [0.717, 1.165) is 10.7 Å². The number of thioether (sulfide) groups is 1. The third kappa shape index (κ3) is 4.73. The van der Waals surface area contributed by atoms with E-state index in [2.05, 4.69) is 10.3 Å². The van der Waals surface area contributed by atoms with Crippen LogP contribution in [0.15, 0.2) is 58.4 Å². The Bertz CT molecular complexity index is 859. The van der Waals surface area contributed by atoms with Crippen LogP contribution < -0.4 is 5.32 Å². The second-order valence-electron chi connectivity index (χ2n) is 5.51. The lowest BCUT2D eigenvalue weighted by Gasteiger charge is -2.04. The lowest BCUT2D eigenvalue weighted by atomic mass is 10.1. The minimum absolute atomic E-state index is 0.273. The van der Waals surface area contributed by atoms with Crippen LogP contribution in [0.2, 0.25) is 0 Å². The van der Waals surface area contributed by atoms with Crippen LogP contribution in [-0.2, 0) is 19.2 Å². The SMILES string of the molecule is Cn1ccnc1SCc1ccc(C(=O)NCCc2cccc(F)c2)o1. The number of benzene rings is 1. The molecule has 2 aromatic heterocycles. The number of rotatable bonds is 7. The van der Waals surface area contributed by atoms with Crippen molar-refractivity contribution >= 4 is 17.7 Å². The van der Waals surface area contributed by atoms with Crippen molar-refractivity contribution in [3.8, 4) is 0 Å². The van der Waals surface area contributed by atoms with Crippen molar-refractivity contribution in [2.24, 2.45) is 7.05 Å². The van der Waals surface area contributed by atoms with Crippen molar-refractivity contribution in [2.45, 2.75) is 17.3 Å². The minimum atomic E-state index is -0.273. The number of halogens is 1. The lowest BCUT2D eigenvalue weighted by Crippen LogP contribution is -2.25. The van der Waals surface area contributed by atoms with Crippen LogP contribution >= 0.6 is 11.8 Å². The molecule has 5 nitrogen and oxygen atoms in total. The molecule has 1 aromatic carbocycles. The highest BCUT2D eigenvalue weighted by Crippen LogP contribution is 2.21. The van der Waals surface area contributed by atoms with Crippen LogP contribution in [0, 0.1) is 5.82 Å². The number of carbonyl (C=O) groups is 1.